The number of esters is 3. The molecule has 6 heteroatoms. The highest BCUT2D eigenvalue weighted by Crippen LogP contribution is 2.15. The maximum Gasteiger partial charge on any atom is 0.306 e. The van der Waals surface area contributed by atoms with Gasteiger partial charge in [-0.3, -0.25) is 14.4 Å². The average Bonchev–Trinajstić information content (AvgIpc) is 3.47. The normalized spacial score (nSPS) is 13.2. The Morgan fingerprint density at radius 2 is 0.494 bits per heavy atom. The highest BCUT2D eigenvalue weighted by Gasteiger charge is 2.19. The molecular formula is C75H120O6. The van der Waals surface area contributed by atoms with Crippen molar-refractivity contribution < 1.29 is 28.6 Å². The molecule has 0 aliphatic heterocycles. The Balaban J connectivity index is 4.50. The van der Waals surface area contributed by atoms with Gasteiger partial charge in [0.05, 0.1) is 0 Å². The highest BCUT2D eigenvalue weighted by atomic mass is 16.6. The van der Waals surface area contributed by atoms with Crippen LogP contribution in [0.1, 0.15) is 278 Å². The molecule has 0 aliphatic carbocycles. The second-order valence-corrected chi connectivity index (χ2v) is 21.3. The maximum absolute atomic E-state index is 12.9. The summed E-state index contributed by atoms with van der Waals surface area (Å²) in [5.74, 6) is -0.990. The van der Waals surface area contributed by atoms with Gasteiger partial charge in [-0.15, -0.1) is 0 Å². The molecule has 0 spiro atoms. The summed E-state index contributed by atoms with van der Waals surface area (Å²) >= 11 is 0. The molecule has 0 aliphatic rings. The molecule has 0 radical (unpaired) electrons. The van der Waals surface area contributed by atoms with E-state index in [2.05, 4.69) is 179 Å². The van der Waals surface area contributed by atoms with E-state index in [0.29, 0.717) is 19.3 Å². The van der Waals surface area contributed by atoms with E-state index in [-0.39, 0.29) is 37.5 Å². The Hall–Kier alpha value is -4.97. The zero-order valence-electron chi connectivity index (χ0n) is 52.2. The zero-order valence-corrected chi connectivity index (χ0v) is 52.2. The second-order valence-electron chi connectivity index (χ2n) is 21.3. The van der Waals surface area contributed by atoms with Crippen LogP contribution in [-0.2, 0) is 28.6 Å². The van der Waals surface area contributed by atoms with Crippen LogP contribution in [0.25, 0.3) is 0 Å². The summed E-state index contributed by atoms with van der Waals surface area (Å²) in [7, 11) is 0. The zero-order chi connectivity index (χ0) is 58.5. The first-order valence-electron chi connectivity index (χ1n) is 33.0. The number of unbranched alkanes of at least 4 members (excludes halogenated alkanes) is 21. The van der Waals surface area contributed by atoms with Gasteiger partial charge >= 0.3 is 17.9 Å². The van der Waals surface area contributed by atoms with Crippen LogP contribution in [0.4, 0.5) is 0 Å². The van der Waals surface area contributed by atoms with Crippen LogP contribution in [0.5, 0.6) is 0 Å². The molecule has 1 atom stereocenters. The Kier molecular flexibility index (Phi) is 63.4. The second kappa shape index (κ2) is 67.5. The number of hydrogen-bond donors (Lipinski definition) is 0. The van der Waals surface area contributed by atoms with E-state index in [1.807, 2.05) is 0 Å². The average molecular weight is 1120 g/mol. The molecule has 6 nitrogen and oxygen atoms in total. The van der Waals surface area contributed by atoms with Crippen molar-refractivity contribution in [3.63, 3.8) is 0 Å². The molecule has 0 rings (SSSR count). The van der Waals surface area contributed by atoms with Gasteiger partial charge in [0.25, 0.3) is 0 Å². The van der Waals surface area contributed by atoms with E-state index < -0.39 is 6.10 Å². The molecule has 0 heterocycles. The highest BCUT2D eigenvalue weighted by molar-refractivity contribution is 5.71. The molecule has 0 saturated carbocycles. The molecule has 0 saturated heterocycles. The van der Waals surface area contributed by atoms with Gasteiger partial charge in [-0.25, -0.2) is 0 Å². The van der Waals surface area contributed by atoms with E-state index in [4.69, 9.17) is 14.2 Å². The molecule has 0 fully saturated rings. The molecule has 0 aromatic heterocycles. The third-order valence-corrected chi connectivity index (χ3v) is 13.5. The molecule has 0 aromatic rings. The number of carbonyl (C=O) groups is 3. The molecule has 0 bridgehead atoms. The van der Waals surface area contributed by atoms with Crippen LogP contribution < -0.4 is 0 Å². The van der Waals surface area contributed by atoms with Crippen molar-refractivity contribution in [2.75, 3.05) is 13.2 Å². The van der Waals surface area contributed by atoms with E-state index in [1.54, 1.807) is 0 Å². The van der Waals surface area contributed by atoms with Crippen molar-refractivity contribution in [2.24, 2.45) is 0 Å². The number of carbonyl (C=O) groups excluding carboxylic acids is 3. The number of allylic oxidation sites excluding steroid dienone is 26. The largest absolute Gasteiger partial charge is 0.462 e. The van der Waals surface area contributed by atoms with Gasteiger partial charge in [-0.05, 0) is 141 Å². The molecule has 456 valence electrons. The fourth-order valence-electron chi connectivity index (χ4n) is 8.63. The van der Waals surface area contributed by atoms with Crippen molar-refractivity contribution in [2.45, 2.75) is 284 Å². The van der Waals surface area contributed by atoms with Crippen LogP contribution in [0, 0.1) is 0 Å². The fraction of sp³-hybridized carbons (Fsp3) is 0.613. The smallest absolute Gasteiger partial charge is 0.306 e. The van der Waals surface area contributed by atoms with Crippen molar-refractivity contribution in [1.82, 2.24) is 0 Å². The van der Waals surface area contributed by atoms with Gasteiger partial charge in [-0.1, -0.05) is 275 Å². The summed E-state index contributed by atoms with van der Waals surface area (Å²) < 4.78 is 16.9. The summed E-state index contributed by atoms with van der Waals surface area (Å²) in [4.78, 5) is 38.4. The monoisotopic (exact) mass is 1120 g/mol. The van der Waals surface area contributed by atoms with Crippen molar-refractivity contribution in [3.8, 4) is 0 Å². The molecule has 0 N–H and O–H groups in total. The minimum absolute atomic E-state index is 0.111. The standard InChI is InChI=1S/C75H120O6/c1-4-7-10-13-16-19-22-25-28-31-33-35-36-37-38-40-41-44-47-50-53-56-59-62-65-68-74(77)80-71-72(70-79-73(76)67-64-61-58-55-52-49-46-43-30-27-24-21-18-15-12-9-6-3)81-75(78)69-66-63-60-57-54-51-48-45-42-39-34-32-29-26-23-20-17-14-11-8-5-2/h7,9-10,12,16,18-19,21,23,25-28,30,32-35,37-38,42,45-46,49,55,58,72H,4-6,8,11,13-15,17,20,22,24,29,31,36,39-41,43-44,47-48,50-54,56-57,59-71H2,1-3H3/b10-7-,12-9-,19-16-,21-18-,26-23-,28-25-,30-27-,34-32-,35-33-,38-37-,45-42-,49-46-,58-55-. The Morgan fingerprint density at radius 3 is 0.802 bits per heavy atom. The number of hydrogen-bond acceptors (Lipinski definition) is 6. The van der Waals surface area contributed by atoms with Gasteiger partial charge in [0.2, 0.25) is 0 Å². The predicted octanol–water partition coefficient (Wildman–Crippen LogP) is 22.9. The van der Waals surface area contributed by atoms with Crippen molar-refractivity contribution in [3.05, 3.63) is 158 Å². The molecule has 81 heavy (non-hydrogen) atoms. The summed E-state index contributed by atoms with van der Waals surface area (Å²) in [5, 5.41) is 0. The van der Waals surface area contributed by atoms with Gasteiger partial charge in [0, 0.05) is 19.3 Å². The van der Waals surface area contributed by atoms with E-state index in [9.17, 15) is 14.4 Å². The fourth-order valence-corrected chi connectivity index (χ4v) is 8.63. The number of rotatable bonds is 58. The van der Waals surface area contributed by atoms with Crippen LogP contribution >= 0.6 is 0 Å². The summed E-state index contributed by atoms with van der Waals surface area (Å²) in [6.45, 7) is 6.34. The topological polar surface area (TPSA) is 78.9 Å². The van der Waals surface area contributed by atoms with Crippen molar-refractivity contribution >= 4 is 17.9 Å². The lowest BCUT2D eigenvalue weighted by molar-refractivity contribution is -0.167. The van der Waals surface area contributed by atoms with Crippen LogP contribution in [0.15, 0.2) is 158 Å². The van der Waals surface area contributed by atoms with E-state index >= 15 is 0 Å². The minimum Gasteiger partial charge on any atom is -0.462 e. The van der Waals surface area contributed by atoms with Gasteiger partial charge < -0.3 is 14.2 Å². The van der Waals surface area contributed by atoms with Crippen LogP contribution in [-0.4, -0.2) is 37.2 Å². The Bertz CT molecular complexity index is 1810. The molecular weight excluding hydrogens is 997 g/mol. The third kappa shape index (κ3) is 65.7. The van der Waals surface area contributed by atoms with Gasteiger partial charge in [-0.2, -0.15) is 0 Å². The first-order chi connectivity index (χ1) is 40.0. The lowest BCUT2D eigenvalue weighted by Gasteiger charge is -2.18. The molecule has 0 aromatic carbocycles. The first kappa shape index (κ1) is 76.0. The van der Waals surface area contributed by atoms with Crippen LogP contribution in [0.2, 0.25) is 0 Å². The quantitative estimate of drug-likeness (QED) is 0.0261. The van der Waals surface area contributed by atoms with Crippen LogP contribution in [0.3, 0.4) is 0 Å². The SMILES string of the molecule is CC/C=C\C/C=C\C/C=C\C/C=C\C/C=C\CCCCCCCCCCCC(=O)OCC(COC(=O)CCC/C=C\C/C=C\C/C=C\C/C=C\C/C=C\CC)OC(=O)CCCCCCCC/C=C\C/C=C\C/C=C\CCCCCCC. The first-order valence-corrected chi connectivity index (χ1v) is 33.0. The summed E-state index contributed by atoms with van der Waals surface area (Å²) in [6, 6.07) is 0. The molecule has 0 amide bonds. The van der Waals surface area contributed by atoms with E-state index in [1.165, 1.54) is 89.9 Å². The predicted molar refractivity (Wildman–Crippen MR) is 352 cm³/mol. The maximum atomic E-state index is 12.9. The third-order valence-electron chi connectivity index (χ3n) is 13.5. The molecule has 1 unspecified atom stereocenters. The number of ether oxygens (including phenoxy) is 3. The Morgan fingerprint density at radius 1 is 0.259 bits per heavy atom. The van der Waals surface area contributed by atoms with Gasteiger partial charge in [0.15, 0.2) is 6.10 Å². The summed E-state index contributed by atoms with van der Waals surface area (Å²) in [5.41, 5.74) is 0. The lowest BCUT2D eigenvalue weighted by Crippen LogP contribution is -2.30. The van der Waals surface area contributed by atoms with Gasteiger partial charge in [0.1, 0.15) is 13.2 Å². The Labute approximate surface area is 499 Å². The summed E-state index contributed by atoms with van der Waals surface area (Å²) in [6.07, 6.45) is 98.2. The lowest BCUT2D eigenvalue weighted by atomic mass is 10.1. The van der Waals surface area contributed by atoms with E-state index in [0.717, 1.165) is 141 Å². The van der Waals surface area contributed by atoms with Crippen molar-refractivity contribution in [1.29, 1.82) is 0 Å². The minimum atomic E-state index is -0.821.